The van der Waals surface area contributed by atoms with Gasteiger partial charge in [-0.1, -0.05) is 12.8 Å². The van der Waals surface area contributed by atoms with Gasteiger partial charge in [0.15, 0.2) is 0 Å². The predicted molar refractivity (Wildman–Crippen MR) is 67.7 cm³/mol. The highest BCUT2D eigenvalue weighted by atomic mass is 32.1. The van der Waals surface area contributed by atoms with Crippen LogP contribution in [0.3, 0.4) is 0 Å². The molecule has 88 valence electrons. The lowest BCUT2D eigenvalue weighted by molar-refractivity contribution is -0.123. The molecule has 1 fully saturated rings. The number of Topliss-reactive ketones (excluding diaryl/α,β-unsaturated/α-hetero) is 1. The van der Waals surface area contributed by atoms with Crippen LogP contribution < -0.4 is 0 Å². The number of nitrogens with zero attached hydrogens (tertiary/aromatic N) is 1. The molecule has 16 heavy (non-hydrogen) atoms. The van der Waals surface area contributed by atoms with Crippen LogP contribution >= 0.6 is 11.3 Å². The minimum absolute atomic E-state index is 0.155. The Hall–Kier alpha value is -0.670. The Balaban J connectivity index is 1.96. The van der Waals surface area contributed by atoms with Crippen molar-refractivity contribution in [1.82, 2.24) is 4.90 Å². The molecular formula is C13H19NOS. The normalized spacial score (nSPS) is 22.4. The standard InChI is InChI=1S/C13H19NOS/c1-14(9-11-7-8-16-10-11)12-5-3-2-4-6-13(12)15/h7-8,10,12H,2-6,9H2,1H3. The Bertz CT molecular complexity index is 334. The first kappa shape index (κ1) is 11.8. The fourth-order valence-corrected chi connectivity index (χ4v) is 3.05. The molecule has 1 unspecified atom stereocenters. The van der Waals surface area contributed by atoms with Crippen molar-refractivity contribution in [2.45, 2.75) is 44.7 Å². The highest BCUT2D eigenvalue weighted by Crippen LogP contribution is 2.20. The molecule has 0 spiro atoms. The zero-order valence-corrected chi connectivity index (χ0v) is 10.6. The Morgan fingerprint density at radius 3 is 3.06 bits per heavy atom. The van der Waals surface area contributed by atoms with E-state index < -0.39 is 0 Å². The molecule has 0 aliphatic heterocycles. The molecule has 1 aromatic rings. The largest absolute Gasteiger partial charge is 0.298 e. The fourth-order valence-electron chi connectivity index (χ4n) is 2.39. The zero-order chi connectivity index (χ0) is 11.4. The van der Waals surface area contributed by atoms with E-state index in [2.05, 4.69) is 28.8 Å². The second-order valence-corrected chi connectivity index (χ2v) is 5.41. The number of hydrogen-bond donors (Lipinski definition) is 0. The number of carbonyl (C=O) groups excluding carboxylic acids is 1. The number of likely N-dealkylation sites (N-methyl/N-ethyl adjacent to an activating group) is 1. The highest BCUT2D eigenvalue weighted by Gasteiger charge is 2.24. The Kier molecular flexibility index (Phi) is 4.13. The lowest BCUT2D eigenvalue weighted by Crippen LogP contribution is -2.37. The van der Waals surface area contributed by atoms with Crippen LogP contribution in [0.15, 0.2) is 16.8 Å². The minimum atomic E-state index is 0.155. The summed E-state index contributed by atoms with van der Waals surface area (Å²) < 4.78 is 0. The topological polar surface area (TPSA) is 20.3 Å². The van der Waals surface area contributed by atoms with Gasteiger partial charge in [0, 0.05) is 13.0 Å². The number of carbonyl (C=O) groups is 1. The first-order valence-corrected chi connectivity index (χ1v) is 6.95. The van der Waals surface area contributed by atoms with Crippen molar-refractivity contribution in [3.8, 4) is 0 Å². The molecule has 1 heterocycles. The summed E-state index contributed by atoms with van der Waals surface area (Å²) in [4.78, 5) is 14.2. The fraction of sp³-hybridized carbons (Fsp3) is 0.615. The van der Waals surface area contributed by atoms with E-state index in [1.165, 1.54) is 18.4 Å². The van der Waals surface area contributed by atoms with Gasteiger partial charge in [0.1, 0.15) is 5.78 Å². The average Bonchev–Trinajstić information content (AvgIpc) is 2.66. The summed E-state index contributed by atoms with van der Waals surface area (Å²) >= 11 is 1.72. The van der Waals surface area contributed by atoms with E-state index in [-0.39, 0.29) is 6.04 Å². The van der Waals surface area contributed by atoms with Crippen LogP contribution in [-0.4, -0.2) is 23.8 Å². The van der Waals surface area contributed by atoms with Gasteiger partial charge < -0.3 is 0 Å². The summed E-state index contributed by atoms with van der Waals surface area (Å²) in [6, 6.07) is 2.30. The molecule has 2 nitrogen and oxygen atoms in total. The van der Waals surface area contributed by atoms with Crippen molar-refractivity contribution in [2.75, 3.05) is 7.05 Å². The van der Waals surface area contributed by atoms with Crippen LogP contribution in [0.25, 0.3) is 0 Å². The summed E-state index contributed by atoms with van der Waals surface area (Å²) in [6.45, 7) is 0.903. The van der Waals surface area contributed by atoms with Gasteiger partial charge >= 0.3 is 0 Å². The van der Waals surface area contributed by atoms with E-state index in [4.69, 9.17) is 0 Å². The van der Waals surface area contributed by atoms with E-state index in [1.807, 2.05) is 0 Å². The molecule has 0 bridgehead atoms. The average molecular weight is 237 g/mol. The molecule has 1 atom stereocenters. The van der Waals surface area contributed by atoms with Gasteiger partial charge in [0.2, 0.25) is 0 Å². The third-order valence-corrected chi connectivity index (χ3v) is 4.05. The van der Waals surface area contributed by atoms with Crippen molar-refractivity contribution in [1.29, 1.82) is 0 Å². The van der Waals surface area contributed by atoms with E-state index in [1.54, 1.807) is 11.3 Å². The summed E-state index contributed by atoms with van der Waals surface area (Å²) in [5.74, 6) is 0.440. The van der Waals surface area contributed by atoms with Crippen LogP contribution in [0.1, 0.15) is 37.7 Å². The van der Waals surface area contributed by atoms with Crippen LogP contribution in [0.4, 0.5) is 0 Å². The van der Waals surface area contributed by atoms with Gasteiger partial charge in [0.25, 0.3) is 0 Å². The first-order valence-electron chi connectivity index (χ1n) is 6.01. The number of hydrogen-bond acceptors (Lipinski definition) is 3. The SMILES string of the molecule is CN(Cc1ccsc1)C1CCCCCC1=O. The van der Waals surface area contributed by atoms with Crippen molar-refractivity contribution < 1.29 is 4.79 Å². The molecular weight excluding hydrogens is 218 g/mol. The van der Waals surface area contributed by atoms with Crippen molar-refractivity contribution >= 4 is 17.1 Å². The summed E-state index contributed by atoms with van der Waals surface area (Å²) in [7, 11) is 2.07. The lowest BCUT2D eigenvalue weighted by Gasteiger charge is -2.25. The summed E-state index contributed by atoms with van der Waals surface area (Å²) in [6.07, 6.45) is 5.32. The van der Waals surface area contributed by atoms with Crippen molar-refractivity contribution in [3.05, 3.63) is 22.4 Å². The Morgan fingerprint density at radius 2 is 2.31 bits per heavy atom. The monoisotopic (exact) mass is 237 g/mol. The maximum atomic E-state index is 11.9. The molecule has 0 saturated heterocycles. The van der Waals surface area contributed by atoms with Gasteiger partial charge in [-0.2, -0.15) is 11.3 Å². The van der Waals surface area contributed by atoms with Crippen LogP contribution in [0, 0.1) is 0 Å². The molecule has 0 radical (unpaired) electrons. The summed E-state index contributed by atoms with van der Waals surface area (Å²) in [5.41, 5.74) is 1.32. The predicted octanol–water partition coefficient (Wildman–Crippen LogP) is 3.08. The number of thiophene rings is 1. The van der Waals surface area contributed by atoms with Gasteiger partial charge in [-0.25, -0.2) is 0 Å². The second-order valence-electron chi connectivity index (χ2n) is 4.63. The van der Waals surface area contributed by atoms with E-state index in [0.29, 0.717) is 5.78 Å². The van der Waals surface area contributed by atoms with Crippen LogP contribution in [0.5, 0.6) is 0 Å². The number of rotatable bonds is 3. The molecule has 1 aliphatic rings. The molecule has 0 N–H and O–H groups in total. The molecule has 1 saturated carbocycles. The quantitative estimate of drug-likeness (QED) is 0.753. The van der Waals surface area contributed by atoms with Crippen molar-refractivity contribution in [2.24, 2.45) is 0 Å². The van der Waals surface area contributed by atoms with Crippen molar-refractivity contribution in [3.63, 3.8) is 0 Å². The van der Waals surface area contributed by atoms with Gasteiger partial charge in [-0.3, -0.25) is 9.69 Å². The lowest BCUT2D eigenvalue weighted by atomic mass is 10.1. The molecule has 0 aromatic carbocycles. The zero-order valence-electron chi connectivity index (χ0n) is 9.82. The van der Waals surface area contributed by atoms with E-state index >= 15 is 0 Å². The minimum Gasteiger partial charge on any atom is -0.298 e. The van der Waals surface area contributed by atoms with E-state index in [9.17, 15) is 4.79 Å². The van der Waals surface area contributed by atoms with Gasteiger partial charge in [0.05, 0.1) is 6.04 Å². The van der Waals surface area contributed by atoms with Gasteiger partial charge in [-0.15, -0.1) is 0 Å². The number of ketones is 1. The molecule has 1 aromatic heterocycles. The maximum absolute atomic E-state index is 11.9. The molecule has 1 aliphatic carbocycles. The third kappa shape index (κ3) is 2.92. The third-order valence-electron chi connectivity index (χ3n) is 3.32. The maximum Gasteiger partial charge on any atom is 0.149 e. The molecule has 0 amide bonds. The first-order chi connectivity index (χ1) is 7.77. The highest BCUT2D eigenvalue weighted by molar-refractivity contribution is 7.07. The Morgan fingerprint density at radius 1 is 1.44 bits per heavy atom. The smallest absolute Gasteiger partial charge is 0.149 e. The second kappa shape index (κ2) is 5.60. The van der Waals surface area contributed by atoms with Gasteiger partial charge in [-0.05, 0) is 42.3 Å². The van der Waals surface area contributed by atoms with Crippen LogP contribution in [0.2, 0.25) is 0 Å². The van der Waals surface area contributed by atoms with E-state index in [0.717, 1.165) is 25.8 Å². The molecule has 2 rings (SSSR count). The summed E-state index contributed by atoms with van der Waals surface area (Å²) in [5, 5.41) is 4.26. The molecule has 3 heteroatoms. The Labute approximate surface area is 101 Å². The van der Waals surface area contributed by atoms with Crippen LogP contribution in [-0.2, 0) is 11.3 Å².